The van der Waals surface area contributed by atoms with Gasteiger partial charge in [0.25, 0.3) is 5.69 Å². The van der Waals surface area contributed by atoms with Crippen molar-refractivity contribution in [2.75, 3.05) is 0 Å². The number of hydrogen-bond acceptors (Lipinski definition) is 4. The fraction of sp³-hybridized carbons (Fsp3) is 0.333. The zero-order chi connectivity index (χ0) is 13.7. The number of nitriles is 1. The van der Waals surface area contributed by atoms with Crippen LogP contribution in [0.5, 0.6) is 0 Å². The molecule has 0 amide bonds. The van der Waals surface area contributed by atoms with Crippen molar-refractivity contribution in [2.24, 2.45) is 0 Å². The van der Waals surface area contributed by atoms with E-state index in [9.17, 15) is 14.9 Å². The van der Waals surface area contributed by atoms with Gasteiger partial charge in [-0.05, 0) is 12.0 Å². The summed E-state index contributed by atoms with van der Waals surface area (Å²) in [6.07, 6.45) is 1.04. The fourth-order valence-electron chi connectivity index (χ4n) is 1.76. The van der Waals surface area contributed by atoms with E-state index >= 15 is 0 Å². The lowest BCUT2D eigenvalue weighted by Crippen LogP contribution is -2.13. The van der Waals surface area contributed by atoms with Crippen LogP contribution in [0.1, 0.15) is 36.8 Å². The predicted octanol–water partition coefficient (Wildman–Crippen LogP) is 2.43. The summed E-state index contributed by atoms with van der Waals surface area (Å²) in [6.45, 7) is 1.84. The lowest BCUT2D eigenvalue weighted by molar-refractivity contribution is -0.384. The van der Waals surface area contributed by atoms with Gasteiger partial charge in [0.1, 0.15) is 0 Å². The van der Waals surface area contributed by atoms with E-state index in [1.54, 1.807) is 0 Å². The molecule has 94 valence electrons. The van der Waals surface area contributed by atoms with Crippen molar-refractivity contribution in [1.82, 2.24) is 0 Å². The molecule has 1 atom stereocenters. The number of carboxylic acid groups (broad SMARTS) is 1. The van der Waals surface area contributed by atoms with E-state index in [1.807, 2.05) is 13.0 Å². The Balaban J connectivity index is 3.27. The van der Waals surface area contributed by atoms with Crippen molar-refractivity contribution in [3.05, 3.63) is 39.4 Å². The number of rotatable bonds is 5. The standard InChI is InChI=1S/C12H12N2O4/c1-2-3-11(12(15)16)10-5-4-9(14(17)18)6-8(10)7-13/h4-6,11H,2-3H2,1H3,(H,15,16). The number of non-ortho nitro benzene ring substituents is 1. The maximum atomic E-state index is 11.1. The minimum Gasteiger partial charge on any atom is -0.481 e. The summed E-state index contributed by atoms with van der Waals surface area (Å²) in [6, 6.07) is 5.51. The summed E-state index contributed by atoms with van der Waals surface area (Å²) in [5, 5.41) is 28.7. The first-order chi connectivity index (χ1) is 8.51. The molecule has 0 aliphatic heterocycles. The minimum atomic E-state index is -1.03. The molecule has 6 nitrogen and oxygen atoms in total. The Morgan fingerprint density at radius 3 is 2.72 bits per heavy atom. The molecule has 0 bridgehead atoms. The molecule has 6 heteroatoms. The number of nitro benzene ring substituents is 1. The maximum Gasteiger partial charge on any atom is 0.311 e. The Labute approximate surface area is 104 Å². The van der Waals surface area contributed by atoms with E-state index in [-0.39, 0.29) is 11.3 Å². The van der Waals surface area contributed by atoms with Crippen LogP contribution in [0, 0.1) is 21.4 Å². The van der Waals surface area contributed by atoms with Crippen LogP contribution >= 0.6 is 0 Å². The highest BCUT2D eigenvalue weighted by Gasteiger charge is 2.23. The second-order valence-electron chi connectivity index (χ2n) is 3.82. The molecule has 1 unspecified atom stereocenters. The van der Waals surface area contributed by atoms with Gasteiger partial charge in [0.2, 0.25) is 0 Å². The molecule has 0 heterocycles. The molecule has 1 N–H and O–H groups in total. The molecule has 0 saturated heterocycles. The summed E-state index contributed by atoms with van der Waals surface area (Å²) in [5.41, 5.74) is 0.165. The van der Waals surface area contributed by atoms with Crippen LogP contribution in [0.2, 0.25) is 0 Å². The number of carboxylic acids is 1. The van der Waals surface area contributed by atoms with Crippen LogP contribution in [0.25, 0.3) is 0 Å². The highest BCUT2D eigenvalue weighted by Crippen LogP contribution is 2.27. The maximum absolute atomic E-state index is 11.1. The lowest BCUT2D eigenvalue weighted by atomic mass is 9.91. The average Bonchev–Trinajstić information content (AvgIpc) is 2.34. The van der Waals surface area contributed by atoms with E-state index in [0.717, 1.165) is 6.07 Å². The Morgan fingerprint density at radius 1 is 1.61 bits per heavy atom. The fourth-order valence-corrected chi connectivity index (χ4v) is 1.76. The van der Waals surface area contributed by atoms with Gasteiger partial charge in [-0.1, -0.05) is 19.4 Å². The topological polar surface area (TPSA) is 104 Å². The zero-order valence-electron chi connectivity index (χ0n) is 9.79. The Bertz CT molecular complexity index is 519. The van der Waals surface area contributed by atoms with Crippen molar-refractivity contribution in [3.63, 3.8) is 0 Å². The van der Waals surface area contributed by atoms with Crippen LogP contribution in [0.15, 0.2) is 18.2 Å². The average molecular weight is 248 g/mol. The Hall–Kier alpha value is -2.42. The van der Waals surface area contributed by atoms with Crippen molar-refractivity contribution >= 4 is 11.7 Å². The first kappa shape index (κ1) is 13.6. The molecule has 18 heavy (non-hydrogen) atoms. The quantitative estimate of drug-likeness (QED) is 0.636. The van der Waals surface area contributed by atoms with Gasteiger partial charge >= 0.3 is 5.97 Å². The largest absolute Gasteiger partial charge is 0.481 e. The summed E-state index contributed by atoms with van der Waals surface area (Å²) in [7, 11) is 0. The van der Waals surface area contributed by atoms with Crippen molar-refractivity contribution in [2.45, 2.75) is 25.7 Å². The molecular weight excluding hydrogens is 236 g/mol. The van der Waals surface area contributed by atoms with Crippen molar-refractivity contribution < 1.29 is 14.8 Å². The third-order valence-electron chi connectivity index (χ3n) is 2.62. The molecule has 0 radical (unpaired) electrons. The predicted molar refractivity (Wildman–Crippen MR) is 63.1 cm³/mol. The third kappa shape index (κ3) is 2.83. The summed E-state index contributed by atoms with van der Waals surface area (Å²) in [4.78, 5) is 21.1. The van der Waals surface area contributed by atoms with Crippen molar-refractivity contribution in [1.29, 1.82) is 5.26 Å². The highest BCUT2D eigenvalue weighted by molar-refractivity contribution is 5.77. The number of aliphatic carboxylic acids is 1. The molecule has 1 aromatic carbocycles. The first-order valence-electron chi connectivity index (χ1n) is 5.42. The van der Waals surface area contributed by atoms with Gasteiger partial charge < -0.3 is 5.11 Å². The third-order valence-corrected chi connectivity index (χ3v) is 2.62. The monoisotopic (exact) mass is 248 g/mol. The Morgan fingerprint density at radius 2 is 2.28 bits per heavy atom. The molecule has 1 aromatic rings. The second kappa shape index (κ2) is 5.77. The number of benzene rings is 1. The van der Waals surface area contributed by atoms with Gasteiger partial charge in [-0.15, -0.1) is 0 Å². The van der Waals surface area contributed by atoms with Gasteiger partial charge in [0.15, 0.2) is 0 Å². The number of nitrogens with zero attached hydrogens (tertiary/aromatic N) is 2. The van der Waals surface area contributed by atoms with E-state index < -0.39 is 16.8 Å². The van der Waals surface area contributed by atoms with E-state index in [2.05, 4.69) is 0 Å². The SMILES string of the molecule is CCCC(C(=O)O)c1ccc([N+](=O)[O-])cc1C#N. The van der Waals surface area contributed by atoms with Crippen LogP contribution in [-0.2, 0) is 4.79 Å². The van der Waals surface area contributed by atoms with Crippen LogP contribution in [-0.4, -0.2) is 16.0 Å². The highest BCUT2D eigenvalue weighted by atomic mass is 16.6. The van der Waals surface area contributed by atoms with Gasteiger partial charge in [-0.25, -0.2) is 0 Å². The van der Waals surface area contributed by atoms with E-state index in [0.29, 0.717) is 18.4 Å². The molecule has 0 fully saturated rings. The zero-order valence-corrected chi connectivity index (χ0v) is 9.79. The summed E-state index contributed by atoms with van der Waals surface area (Å²) < 4.78 is 0. The van der Waals surface area contributed by atoms with Gasteiger partial charge in [-0.2, -0.15) is 5.26 Å². The van der Waals surface area contributed by atoms with Gasteiger partial charge in [0.05, 0.1) is 22.5 Å². The summed E-state index contributed by atoms with van der Waals surface area (Å²) >= 11 is 0. The first-order valence-corrected chi connectivity index (χ1v) is 5.42. The molecule has 0 saturated carbocycles. The smallest absolute Gasteiger partial charge is 0.311 e. The molecule has 1 rings (SSSR count). The van der Waals surface area contributed by atoms with E-state index in [4.69, 9.17) is 10.4 Å². The number of nitro groups is 1. The van der Waals surface area contributed by atoms with Crippen LogP contribution in [0.3, 0.4) is 0 Å². The van der Waals surface area contributed by atoms with Crippen LogP contribution < -0.4 is 0 Å². The molecule has 0 spiro atoms. The second-order valence-corrected chi connectivity index (χ2v) is 3.82. The minimum absolute atomic E-state index is 0.0463. The number of carbonyl (C=O) groups is 1. The molecule has 0 aromatic heterocycles. The van der Waals surface area contributed by atoms with Crippen LogP contribution in [0.4, 0.5) is 5.69 Å². The summed E-state index contributed by atoms with van der Waals surface area (Å²) in [5.74, 6) is -1.83. The lowest BCUT2D eigenvalue weighted by Gasteiger charge is -2.12. The Kier molecular flexibility index (Phi) is 4.38. The van der Waals surface area contributed by atoms with Gasteiger partial charge in [0, 0.05) is 12.1 Å². The molecule has 0 aliphatic carbocycles. The molecule has 0 aliphatic rings. The van der Waals surface area contributed by atoms with Gasteiger partial charge in [-0.3, -0.25) is 14.9 Å². The number of hydrogen-bond donors (Lipinski definition) is 1. The van der Waals surface area contributed by atoms with Crippen molar-refractivity contribution in [3.8, 4) is 6.07 Å². The molecular formula is C12H12N2O4. The normalized spacial score (nSPS) is 11.6. The van der Waals surface area contributed by atoms with E-state index in [1.165, 1.54) is 12.1 Å².